The molecule has 0 unspecified atom stereocenters. The molecule has 0 aromatic heterocycles. The Morgan fingerprint density at radius 1 is 1.06 bits per heavy atom. The largest absolute Gasteiger partial charge is 0.454 e. The molecule has 3 N–H and O–H groups in total. The molecule has 0 atom stereocenters. The molecule has 1 amide bonds. The fraction of sp³-hybridized carbons (Fsp3) is 0.391. The molecule has 180 valence electrons. The fourth-order valence-electron chi connectivity index (χ4n) is 3.05. The summed E-state index contributed by atoms with van der Waals surface area (Å²) in [4.78, 5) is 26.0. The van der Waals surface area contributed by atoms with Crippen molar-refractivity contribution < 1.29 is 27.5 Å². The van der Waals surface area contributed by atoms with Gasteiger partial charge in [-0.2, -0.15) is 0 Å². The molecule has 2 aromatic rings. The first-order valence-corrected chi connectivity index (χ1v) is 12.4. The van der Waals surface area contributed by atoms with Gasteiger partial charge in [-0.1, -0.05) is 31.5 Å². The zero-order chi connectivity index (χ0) is 24.4. The van der Waals surface area contributed by atoms with Crippen LogP contribution >= 0.6 is 0 Å². The number of rotatable bonds is 12. The number of likely N-dealkylation sites (N-methyl/N-ethyl adjacent to an activating group) is 1. The summed E-state index contributed by atoms with van der Waals surface area (Å²) in [6.07, 6.45) is 1.71. The van der Waals surface area contributed by atoms with Gasteiger partial charge in [0, 0.05) is 19.6 Å². The molecule has 0 saturated carbocycles. The molecule has 0 bridgehead atoms. The van der Waals surface area contributed by atoms with E-state index in [9.17, 15) is 18.0 Å². The molecular weight excluding hydrogens is 446 g/mol. The molecule has 0 spiro atoms. The SMILES string of the molecule is CCCCNc1cc(C(=O)OCC(=O)N(CC)CC)cc(S(N)(=O)=O)c1Oc1ccccc1. The Hall–Kier alpha value is -3.11. The average molecular weight is 478 g/mol. The highest BCUT2D eigenvalue weighted by atomic mass is 32.2. The quantitative estimate of drug-likeness (QED) is 0.354. The van der Waals surface area contributed by atoms with E-state index in [0.29, 0.717) is 25.4 Å². The minimum Gasteiger partial charge on any atom is -0.454 e. The van der Waals surface area contributed by atoms with Crippen molar-refractivity contribution in [2.24, 2.45) is 5.14 Å². The summed E-state index contributed by atoms with van der Waals surface area (Å²) in [6.45, 7) is 6.69. The average Bonchev–Trinajstić information content (AvgIpc) is 2.79. The van der Waals surface area contributed by atoms with Crippen LogP contribution in [-0.4, -0.2) is 51.4 Å². The molecular formula is C23H31N3O6S. The Morgan fingerprint density at radius 3 is 2.30 bits per heavy atom. The number of carbonyl (C=O) groups is 2. The molecule has 0 heterocycles. The zero-order valence-corrected chi connectivity index (χ0v) is 20.0. The van der Waals surface area contributed by atoms with Gasteiger partial charge in [0.25, 0.3) is 5.91 Å². The molecule has 33 heavy (non-hydrogen) atoms. The van der Waals surface area contributed by atoms with Crippen molar-refractivity contribution >= 4 is 27.6 Å². The summed E-state index contributed by atoms with van der Waals surface area (Å²) in [6, 6.07) is 11.2. The van der Waals surface area contributed by atoms with E-state index in [2.05, 4.69) is 5.32 Å². The lowest BCUT2D eigenvalue weighted by atomic mass is 10.1. The number of primary sulfonamides is 1. The van der Waals surface area contributed by atoms with Gasteiger partial charge < -0.3 is 19.7 Å². The summed E-state index contributed by atoms with van der Waals surface area (Å²) < 4.78 is 35.8. The first-order valence-electron chi connectivity index (χ1n) is 10.8. The van der Waals surface area contributed by atoms with Crippen molar-refractivity contribution in [2.45, 2.75) is 38.5 Å². The topological polar surface area (TPSA) is 128 Å². The maximum atomic E-state index is 12.7. The van der Waals surface area contributed by atoms with Crippen LogP contribution in [0.15, 0.2) is 47.4 Å². The Kier molecular flexibility index (Phi) is 9.68. The highest BCUT2D eigenvalue weighted by Gasteiger charge is 2.25. The smallest absolute Gasteiger partial charge is 0.338 e. The number of amides is 1. The summed E-state index contributed by atoms with van der Waals surface area (Å²) in [5, 5.41) is 8.57. The molecule has 2 aromatic carbocycles. The third kappa shape index (κ3) is 7.47. The number of unbranched alkanes of at least 4 members (excludes halogenated alkanes) is 1. The molecule has 0 fully saturated rings. The molecule has 10 heteroatoms. The van der Waals surface area contributed by atoms with E-state index in [1.165, 1.54) is 11.0 Å². The van der Waals surface area contributed by atoms with E-state index in [0.717, 1.165) is 18.9 Å². The normalized spacial score (nSPS) is 11.0. The number of nitrogens with one attached hydrogen (secondary N) is 1. The van der Waals surface area contributed by atoms with Crippen LogP contribution in [0.2, 0.25) is 0 Å². The van der Waals surface area contributed by atoms with Gasteiger partial charge in [-0.15, -0.1) is 0 Å². The standard InChI is InChI=1S/C23H31N3O6S/c1-4-7-13-25-19-14-17(23(28)31-16-21(27)26(5-2)6-3)15-20(33(24,29)30)22(19)32-18-11-9-8-10-12-18/h8-12,14-15,25H,4-7,13,16H2,1-3H3,(H2,24,29,30). The number of carbonyl (C=O) groups excluding carboxylic acids is 2. The number of nitrogens with two attached hydrogens (primary N) is 1. The van der Waals surface area contributed by atoms with E-state index < -0.39 is 22.6 Å². The number of nitrogens with zero attached hydrogens (tertiary/aromatic N) is 1. The number of anilines is 1. The number of sulfonamides is 1. The van der Waals surface area contributed by atoms with Crippen LogP contribution in [0.25, 0.3) is 0 Å². The highest BCUT2D eigenvalue weighted by molar-refractivity contribution is 7.89. The Labute approximate surface area is 194 Å². The maximum absolute atomic E-state index is 12.7. The van der Waals surface area contributed by atoms with Gasteiger partial charge >= 0.3 is 5.97 Å². The van der Waals surface area contributed by atoms with Crippen molar-refractivity contribution in [1.29, 1.82) is 0 Å². The van der Waals surface area contributed by atoms with E-state index in [4.69, 9.17) is 14.6 Å². The Balaban J connectivity index is 2.44. The second-order valence-corrected chi connectivity index (χ2v) is 8.76. The third-order valence-corrected chi connectivity index (χ3v) is 5.77. The lowest BCUT2D eigenvalue weighted by Crippen LogP contribution is -2.34. The van der Waals surface area contributed by atoms with Crippen LogP contribution in [-0.2, 0) is 19.6 Å². The van der Waals surface area contributed by atoms with Crippen molar-refractivity contribution in [2.75, 3.05) is 31.6 Å². The van der Waals surface area contributed by atoms with Crippen LogP contribution in [0, 0.1) is 0 Å². The van der Waals surface area contributed by atoms with Crippen LogP contribution in [0.3, 0.4) is 0 Å². The van der Waals surface area contributed by atoms with Gasteiger partial charge in [-0.05, 0) is 44.5 Å². The summed E-state index contributed by atoms with van der Waals surface area (Å²) in [5.74, 6) is -0.799. The molecule has 9 nitrogen and oxygen atoms in total. The lowest BCUT2D eigenvalue weighted by Gasteiger charge is -2.19. The number of benzene rings is 2. The maximum Gasteiger partial charge on any atom is 0.338 e. The zero-order valence-electron chi connectivity index (χ0n) is 19.2. The second-order valence-electron chi connectivity index (χ2n) is 7.23. The van der Waals surface area contributed by atoms with Crippen molar-refractivity contribution in [3.8, 4) is 11.5 Å². The minimum absolute atomic E-state index is 0.0180. The molecule has 0 aliphatic carbocycles. The molecule has 0 aliphatic heterocycles. The predicted molar refractivity (Wildman–Crippen MR) is 126 cm³/mol. The Bertz CT molecular complexity index is 1050. The van der Waals surface area contributed by atoms with E-state index in [1.807, 2.05) is 20.8 Å². The van der Waals surface area contributed by atoms with Crippen LogP contribution in [0.4, 0.5) is 5.69 Å². The first-order chi connectivity index (χ1) is 15.7. The fourth-order valence-corrected chi connectivity index (χ4v) is 3.75. The van der Waals surface area contributed by atoms with E-state index in [1.54, 1.807) is 30.3 Å². The van der Waals surface area contributed by atoms with E-state index >= 15 is 0 Å². The molecule has 0 saturated heterocycles. The van der Waals surface area contributed by atoms with Crippen molar-refractivity contribution in [3.63, 3.8) is 0 Å². The minimum atomic E-state index is -4.26. The van der Waals surface area contributed by atoms with Crippen LogP contribution < -0.4 is 15.2 Å². The van der Waals surface area contributed by atoms with Gasteiger partial charge in [0.2, 0.25) is 10.0 Å². The number of ether oxygens (including phenoxy) is 2. The van der Waals surface area contributed by atoms with Gasteiger partial charge in [0.1, 0.15) is 10.6 Å². The summed E-state index contributed by atoms with van der Waals surface area (Å²) >= 11 is 0. The van der Waals surface area contributed by atoms with Gasteiger partial charge in [-0.25, -0.2) is 18.4 Å². The predicted octanol–water partition coefficient (Wildman–Crippen LogP) is 3.36. The highest BCUT2D eigenvalue weighted by Crippen LogP contribution is 2.37. The second kappa shape index (κ2) is 12.2. The molecule has 0 radical (unpaired) electrons. The van der Waals surface area contributed by atoms with Crippen LogP contribution in [0.1, 0.15) is 44.0 Å². The van der Waals surface area contributed by atoms with Crippen molar-refractivity contribution in [1.82, 2.24) is 4.90 Å². The third-order valence-electron chi connectivity index (χ3n) is 4.85. The number of hydrogen-bond donors (Lipinski definition) is 2. The van der Waals surface area contributed by atoms with Gasteiger partial charge in [0.05, 0.1) is 11.3 Å². The Morgan fingerprint density at radius 2 is 1.73 bits per heavy atom. The number of para-hydroxylation sites is 1. The summed E-state index contributed by atoms with van der Waals surface area (Å²) in [5.41, 5.74) is 0.214. The monoisotopic (exact) mass is 477 g/mol. The van der Waals surface area contributed by atoms with Gasteiger partial charge in [0.15, 0.2) is 12.4 Å². The van der Waals surface area contributed by atoms with Crippen LogP contribution in [0.5, 0.6) is 11.5 Å². The molecule has 2 rings (SSSR count). The summed E-state index contributed by atoms with van der Waals surface area (Å²) in [7, 11) is -4.26. The van der Waals surface area contributed by atoms with Gasteiger partial charge in [-0.3, -0.25) is 4.79 Å². The van der Waals surface area contributed by atoms with Crippen molar-refractivity contribution in [3.05, 3.63) is 48.0 Å². The van der Waals surface area contributed by atoms with E-state index in [-0.39, 0.29) is 27.8 Å². The first kappa shape index (κ1) is 26.1. The number of esters is 1. The molecule has 0 aliphatic rings. The number of hydrogen-bond acceptors (Lipinski definition) is 7. The lowest BCUT2D eigenvalue weighted by molar-refractivity contribution is -0.134.